The van der Waals surface area contributed by atoms with E-state index in [-0.39, 0.29) is 5.60 Å². The highest BCUT2D eigenvalue weighted by atomic mass is 16.5. The van der Waals surface area contributed by atoms with Crippen molar-refractivity contribution in [3.05, 3.63) is 0 Å². The number of ether oxygens (including phenoxy) is 1. The predicted octanol–water partition coefficient (Wildman–Crippen LogP) is 3.49. The maximum Gasteiger partial charge on any atom is 0.167 e. The molecule has 0 saturated heterocycles. The van der Waals surface area contributed by atoms with E-state index in [4.69, 9.17) is 4.74 Å². The fourth-order valence-electron chi connectivity index (χ4n) is 3.42. The lowest BCUT2D eigenvalue weighted by Gasteiger charge is -2.33. The fraction of sp³-hybridized carbons (Fsp3) is 0.929. The summed E-state index contributed by atoms with van der Waals surface area (Å²) >= 11 is 0. The van der Waals surface area contributed by atoms with Crippen LogP contribution in [0.2, 0.25) is 0 Å². The van der Waals surface area contributed by atoms with Crippen LogP contribution in [0.4, 0.5) is 0 Å². The van der Waals surface area contributed by atoms with Crippen LogP contribution in [-0.2, 0) is 9.53 Å². The average molecular weight is 224 g/mol. The Kier molecular flexibility index (Phi) is 4.01. The Morgan fingerprint density at radius 2 is 1.75 bits per heavy atom. The summed E-state index contributed by atoms with van der Waals surface area (Å²) in [4.78, 5) is 12.6. The molecule has 0 amide bonds. The highest BCUT2D eigenvalue weighted by Crippen LogP contribution is 2.39. The van der Waals surface area contributed by atoms with E-state index in [2.05, 4.69) is 0 Å². The van der Waals surface area contributed by atoms with Gasteiger partial charge in [0.25, 0.3) is 0 Å². The third kappa shape index (κ3) is 2.32. The van der Waals surface area contributed by atoms with E-state index >= 15 is 0 Å². The van der Waals surface area contributed by atoms with Gasteiger partial charge in [0.1, 0.15) is 5.60 Å². The molecule has 0 heterocycles. The molecule has 0 atom stereocenters. The maximum absolute atomic E-state index is 12.6. The van der Waals surface area contributed by atoms with Gasteiger partial charge in [-0.15, -0.1) is 0 Å². The SMILES string of the molecule is CCOC1(C(=O)C2CCCCC2)CCCC1. The molecular weight excluding hydrogens is 200 g/mol. The molecule has 0 aromatic rings. The third-order valence-electron chi connectivity index (χ3n) is 4.26. The van der Waals surface area contributed by atoms with Crippen LogP contribution in [0.3, 0.4) is 0 Å². The fourth-order valence-corrected chi connectivity index (χ4v) is 3.42. The molecule has 0 aromatic carbocycles. The van der Waals surface area contributed by atoms with Crippen molar-refractivity contribution in [3.8, 4) is 0 Å². The van der Waals surface area contributed by atoms with Gasteiger partial charge in [-0.2, -0.15) is 0 Å². The van der Waals surface area contributed by atoms with Gasteiger partial charge in [-0.25, -0.2) is 0 Å². The minimum atomic E-state index is -0.378. The van der Waals surface area contributed by atoms with Crippen molar-refractivity contribution in [1.82, 2.24) is 0 Å². The van der Waals surface area contributed by atoms with Gasteiger partial charge in [-0.1, -0.05) is 19.3 Å². The second-order valence-corrected chi connectivity index (χ2v) is 5.33. The van der Waals surface area contributed by atoms with Crippen molar-refractivity contribution in [2.75, 3.05) is 6.61 Å². The normalized spacial score (nSPS) is 25.8. The van der Waals surface area contributed by atoms with E-state index in [1.165, 1.54) is 32.1 Å². The first-order valence-corrected chi connectivity index (χ1v) is 6.97. The van der Waals surface area contributed by atoms with Crippen LogP contribution >= 0.6 is 0 Å². The van der Waals surface area contributed by atoms with Crippen molar-refractivity contribution >= 4 is 5.78 Å². The minimum absolute atomic E-state index is 0.304. The molecule has 0 bridgehead atoms. The summed E-state index contributed by atoms with van der Waals surface area (Å²) in [5, 5.41) is 0. The zero-order chi connectivity index (χ0) is 11.4. The smallest absolute Gasteiger partial charge is 0.167 e. The van der Waals surface area contributed by atoms with Crippen LogP contribution in [0.25, 0.3) is 0 Å². The molecule has 2 saturated carbocycles. The van der Waals surface area contributed by atoms with Crippen molar-refractivity contribution in [3.63, 3.8) is 0 Å². The van der Waals surface area contributed by atoms with E-state index in [1.807, 2.05) is 6.92 Å². The molecule has 0 aliphatic heterocycles. The second-order valence-electron chi connectivity index (χ2n) is 5.33. The summed E-state index contributed by atoms with van der Waals surface area (Å²) in [6, 6.07) is 0. The number of carbonyl (C=O) groups is 1. The van der Waals surface area contributed by atoms with Gasteiger partial charge in [0.15, 0.2) is 5.78 Å². The van der Waals surface area contributed by atoms with Crippen molar-refractivity contribution < 1.29 is 9.53 Å². The number of ketones is 1. The molecule has 2 rings (SSSR count). The zero-order valence-electron chi connectivity index (χ0n) is 10.5. The molecule has 2 aliphatic rings. The summed E-state index contributed by atoms with van der Waals surface area (Å²) < 4.78 is 5.86. The molecule has 0 spiro atoms. The number of hydrogen-bond acceptors (Lipinski definition) is 2. The highest BCUT2D eigenvalue weighted by molar-refractivity contribution is 5.89. The van der Waals surface area contributed by atoms with Crippen LogP contribution < -0.4 is 0 Å². The summed E-state index contributed by atoms with van der Waals surface area (Å²) in [6.07, 6.45) is 10.3. The van der Waals surface area contributed by atoms with Gasteiger partial charge in [0, 0.05) is 12.5 Å². The quantitative estimate of drug-likeness (QED) is 0.730. The first kappa shape index (κ1) is 12.1. The first-order chi connectivity index (χ1) is 7.78. The van der Waals surface area contributed by atoms with Crippen molar-refractivity contribution in [2.45, 2.75) is 70.3 Å². The molecule has 2 heteroatoms. The largest absolute Gasteiger partial charge is 0.367 e. The van der Waals surface area contributed by atoms with Gasteiger partial charge in [0.2, 0.25) is 0 Å². The molecular formula is C14H24O2. The van der Waals surface area contributed by atoms with Gasteiger partial charge in [-0.05, 0) is 45.4 Å². The van der Waals surface area contributed by atoms with E-state index in [1.54, 1.807) is 0 Å². The monoisotopic (exact) mass is 224 g/mol. The lowest BCUT2D eigenvalue weighted by Crippen LogP contribution is -2.43. The van der Waals surface area contributed by atoms with Gasteiger partial charge < -0.3 is 4.74 Å². The van der Waals surface area contributed by atoms with E-state index in [0.29, 0.717) is 18.3 Å². The summed E-state index contributed by atoms with van der Waals surface area (Å²) in [7, 11) is 0. The second kappa shape index (κ2) is 5.31. The first-order valence-electron chi connectivity index (χ1n) is 6.97. The number of carbonyl (C=O) groups excluding carboxylic acids is 1. The topological polar surface area (TPSA) is 26.3 Å². The van der Waals surface area contributed by atoms with Gasteiger partial charge >= 0.3 is 0 Å². The number of rotatable bonds is 4. The molecule has 0 aromatic heterocycles. The van der Waals surface area contributed by atoms with Crippen LogP contribution in [0.5, 0.6) is 0 Å². The van der Waals surface area contributed by atoms with Gasteiger partial charge in [0.05, 0.1) is 0 Å². The summed E-state index contributed by atoms with van der Waals surface area (Å²) in [5.74, 6) is 0.741. The van der Waals surface area contributed by atoms with Crippen molar-refractivity contribution in [2.24, 2.45) is 5.92 Å². The van der Waals surface area contributed by atoms with Crippen LogP contribution in [0.1, 0.15) is 64.7 Å². The van der Waals surface area contributed by atoms with E-state index in [0.717, 1.165) is 25.7 Å². The average Bonchev–Trinajstić information content (AvgIpc) is 2.80. The Balaban J connectivity index is 2.04. The Morgan fingerprint density at radius 1 is 1.12 bits per heavy atom. The Bertz CT molecular complexity index is 235. The lowest BCUT2D eigenvalue weighted by molar-refractivity contribution is -0.149. The number of Topliss-reactive ketones (excluding diaryl/α,β-unsaturated/α-hetero) is 1. The molecule has 16 heavy (non-hydrogen) atoms. The lowest BCUT2D eigenvalue weighted by atomic mass is 9.79. The highest BCUT2D eigenvalue weighted by Gasteiger charge is 2.44. The predicted molar refractivity (Wildman–Crippen MR) is 64.4 cm³/mol. The summed E-state index contributed by atoms with van der Waals surface area (Å²) in [6.45, 7) is 2.69. The Hall–Kier alpha value is -0.370. The summed E-state index contributed by atoms with van der Waals surface area (Å²) in [5.41, 5.74) is -0.378. The zero-order valence-corrected chi connectivity index (χ0v) is 10.5. The molecule has 0 unspecified atom stereocenters. The van der Waals surface area contributed by atoms with E-state index < -0.39 is 0 Å². The minimum Gasteiger partial charge on any atom is -0.367 e. The van der Waals surface area contributed by atoms with E-state index in [9.17, 15) is 4.79 Å². The number of hydrogen-bond donors (Lipinski definition) is 0. The van der Waals surface area contributed by atoms with Crippen LogP contribution in [0.15, 0.2) is 0 Å². The molecule has 0 N–H and O–H groups in total. The van der Waals surface area contributed by atoms with Crippen LogP contribution in [0, 0.1) is 5.92 Å². The molecule has 2 fully saturated rings. The van der Waals surface area contributed by atoms with Gasteiger partial charge in [-0.3, -0.25) is 4.79 Å². The third-order valence-corrected chi connectivity index (χ3v) is 4.26. The Labute approximate surface area is 98.7 Å². The molecule has 2 aliphatic carbocycles. The maximum atomic E-state index is 12.6. The molecule has 0 radical (unpaired) electrons. The van der Waals surface area contributed by atoms with Crippen LogP contribution in [-0.4, -0.2) is 18.0 Å². The Morgan fingerprint density at radius 3 is 2.31 bits per heavy atom. The molecule has 92 valence electrons. The standard InChI is InChI=1S/C14H24O2/c1-2-16-14(10-6-7-11-14)13(15)12-8-4-3-5-9-12/h12H,2-11H2,1H3. The van der Waals surface area contributed by atoms with Crippen molar-refractivity contribution in [1.29, 1.82) is 0 Å². The molecule has 2 nitrogen and oxygen atoms in total.